The molecule has 0 aromatic heterocycles. The monoisotopic (exact) mass is 285 g/mol. The lowest BCUT2D eigenvalue weighted by Crippen LogP contribution is -2.20. The predicted molar refractivity (Wildman–Crippen MR) is 78.3 cm³/mol. The van der Waals surface area contributed by atoms with Crippen LogP contribution in [0.3, 0.4) is 0 Å². The average molecular weight is 285 g/mol. The zero-order chi connectivity index (χ0) is 15.1. The Labute approximate surface area is 122 Å². The third-order valence-electron chi connectivity index (χ3n) is 2.68. The Hall–Kier alpha value is -2.82. The van der Waals surface area contributed by atoms with Crippen LogP contribution in [0.15, 0.2) is 54.6 Å². The minimum absolute atomic E-state index is 0.105. The van der Waals surface area contributed by atoms with E-state index in [1.54, 1.807) is 36.4 Å². The number of hydrogen-bond acceptors (Lipinski definition) is 4. The molecule has 5 nitrogen and oxygen atoms in total. The minimum atomic E-state index is -0.452. The predicted octanol–water partition coefficient (Wildman–Crippen LogP) is 2.49. The smallest absolute Gasteiger partial charge is 0.337 e. The second kappa shape index (κ2) is 7.09. The van der Waals surface area contributed by atoms with Crippen LogP contribution in [0.25, 0.3) is 0 Å². The second-order valence-corrected chi connectivity index (χ2v) is 4.22. The maximum atomic E-state index is 11.8. The summed E-state index contributed by atoms with van der Waals surface area (Å²) in [6.07, 6.45) is 0. The van der Waals surface area contributed by atoms with Gasteiger partial charge in [-0.05, 0) is 30.3 Å². The Balaban J connectivity index is 1.92. The minimum Gasteiger partial charge on any atom is -0.484 e. The fraction of sp³-hybridized carbons (Fsp3) is 0.125. The van der Waals surface area contributed by atoms with Gasteiger partial charge in [-0.2, -0.15) is 0 Å². The maximum Gasteiger partial charge on any atom is 0.337 e. The van der Waals surface area contributed by atoms with Crippen LogP contribution in [-0.2, 0) is 9.53 Å². The first-order valence-corrected chi connectivity index (χ1v) is 6.35. The van der Waals surface area contributed by atoms with Gasteiger partial charge >= 0.3 is 5.97 Å². The summed E-state index contributed by atoms with van der Waals surface area (Å²) in [5.41, 5.74) is 0.888. The standard InChI is InChI=1S/C16H15NO4/c1-20-16(19)12-6-5-7-13(10-12)17-15(18)11-21-14-8-3-2-4-9-14/h2-10H,11H2,1H3,(H,17,18). The van der Waals surface area contributed by atoms with E-state index in [4.69, 9.17) is 4.74 Å². The molecule has 0 aliphatic rings. The summed E-state index contributed by atoms with van der Waals surface area (Å²) < 4.78 is 9.96. The van der Waals surface area contributed by atoms with Gasteiger partial charge in [-0.1, -0.05) is 24.3 Å². The summed E-state index contributed by atoms with van der Waals surface area (Å²) >= 11 is 0. The molecule has 1 amide bonds. The number of ether oxygens (including phenoxy) is 2. The van der Waals surface area contributed by atoms with Gasteiger partial charge in [0, 0.05) is 5.69 Å². The fourth-order valence-electron chi connectivity index (χ4n) is 1.70. The highest BCUT2D eigenvalue weighted by molar-refractivity contribution is 5.95. The van der Waals surface area contributed by atoms with Crippen molar-refractivity contribution in [1.82, 2.24) is 0 Å². The maximum absolute atomic E-state index is 11.8. The number of para-hydroxylation sites is 1. The zero-order valence-corrected chi connectivity index (χ0v) is 11.5. The number of carbonyl (C=O) groups is 2. The van der Waals surface area contributed by atoms with E-state index in [1.165, 1.54) is 7.11 Å². The van der Waals surface area contributed by atoms with Crippen LogP contribution in [-0.4, -0.2) is 25.6 Å². The van der Waals surface area contributed by atoms with Crippen LogP contribution < -0.4 is 10.1 Å². The van der Waals surface area contributed by atoms with Crippen molar-refractivity contribution < 1.29 is 19.1 Å². The molecule has 0 heterocycles. The molecule has 2 aromatic rings. The van der Waals surface area contributed by atoms with Crippen LogP contribution in [0.1, 0.15) is 10.4 Å². The van der Waals surface area contributed by atoms with E-state index in [-0.39, 0.29) is 12.5 Å². The first-order valence-electron chi connectivity index (χ1n) is 6.35. The van der Waals surface area contributed by atoms with Crippen molar-refractivity contribution in [3.05, 3.63) is 60.2 Å². The van der Waals surface area contributed by atoms with Gasteiger partial charge in [-0.25, -0.2) is 4.79 Å². The van der Waals surface area contributed by atoms with Gasteiger partial charge in [0.15, 0.2) is 6.61 Å². The summed E-state index contributed by atoms with van der Waals surface area (Å²) in [6, 6.07) is 15.6. The van der Waals surface area contributed by atoms with Crippen LogP contribution in [0.4, 0.5) is 5.69 Å². The summed E-state index contributed by atoms with van der Waals surface area (Å²) in [5.74, 6) is -0.136. The first kappa shape index (κ1) is 14.6. The fourth-order valence-corrected chi connectivity index (χ4v) is 1.70. The molecule has 0 spiro atoms. The number of benzene rings is 2. The lowest BCUT2D eigenvalue weighted by molar-refractivity contribution is -0.118. The van der Waals surface area contributed by atoms with Crippen molar-refractivity contribution in [2.75, 3.05) is 19.0 Å². The molecule has 21 heavy (non-hydrogen) atoms. The molecule has 0 atom stereocenters. The van der Waals surface area contributed by atoms with Crippen molar-refractivity contribution in [3.8, 4) is 5.75 Å². The molecular weight excluding hydrogens is 270 g/mol. The topological polar surface area (TPSA) is 64.6 Å². The van der Waals surface area contributed by atoms with E-state index in [0.29, 0.717) is 17.0 Å². The number of methoxy groups -OCH3 is 1. The van der Waals surface area contributed by atoms with Gasteiger partial charge in [-0.15, -0.1) is 0 Å². The summed E-state index contributed by atoms with van der Waals surface area (Å²) in [7, 11) is 1.31. The van der Waals surface area contributed by atoms with Gasteiger partial charge in [0.25, 0.3) is 5.91 Å². The molecule has 1 N–H and O–H groups in total. The lowest BCUT2D eigenvalue weighted by atomic mass is 10.2. The molecule has 0 saturated carbocycles. The van der Waals surface area contributed by atoms with Gasteiger partial charge in [0.1, 0.15) is 5.75 Å². The van der Waals surface area contributed by atoms with Crippen molar-refractivity contribution in [2.24, 2.45) is 0 Å². The summed E-state index contributed by atoms with van der Waals surface area (Å²) in [5, 5.41) is 2.66. The molecule has 0 radical (unpaired) electrons. The number of amides is 1. The molecule has 0 aliphatic carbocycles. The van der Waals surface area contributed by atoms with Crippen LogP contribution in [0.2, 0.25) is 0 Å². The second-order valence-electron chi connectivity index (χ2n) is 4.22. The Kier molecular flexibility index (Phi) is 4.93. The average Bonchev–Trinajstić information content (AvgIpc) is 2.53. The normalized spacial score (nSPS) is 9.76. The highest BCUT2D eigenvalue weighted by Crippen LogP contribution is 2.12. The van der Waals surface area contributed by atoms with E-state index in [0.717, 1.165) is 0 Å². The molecule has 2 aromatic carbocycles. The molecule has 0 fully saturated rings. The van der Waals surface area contributed by atoms with Gasteiger partial charge < -0.3 is 14.8 Å². The Morgan fingerprint density at radius 1 is 1.05 bits per heavy atom. The Morgan fingerprint density at radius 3 is 2.52 bits per heavy atom. The lowest BCUT2D eigenvalue weighted by Gasteiger charge is -2.08. The molecule has 5 heteroatoms. The summed E-state index contributed by atoms with van der Waals surface area (Å²) in [4.78, 5) is 23.2. The van der Waals surface area contributed by atoms with Crippen molar-refractivity contribution in [2.45, 2.75) is 0 Å². The third kappa shape index (κ3) is 4.35. The van der Waals surface area contributed by atoms with E-state index in [1.807, 2.05) is 18.2 Å². The van der Waals surface area contributed by atoms with Crippen LogP contribution >= 0.6 is 0 Å². The van der Waals surface area contributed by atoms with Gasteiger partial charge in [0.2, 0.25) is 0 Å². The SMILES string of the molecule is COC(=O)c1cccc(NC(=O)COc2ccccc2)c1. The number of hydrogen-bond donors (Lipinski definition) is 1. The zero-order valence-electron chi connectivity index (χ0n) is 11.5. The molecule has 0 saturated heterocycles. The van der Waals surface area contributed by atoms with E-state index in [9.17, 15) is 9.59 Å². The molecule has 0 aliphatic heterocycles. The van der Waals surface area contributed by atoms with Crippen molar-refractivity contribution in [3.63, 3.8) is 0 Å². The van der Waals surface area contributed by atoms with E-state index in [2.05, 4.69) is 10.1 Å². The molecular formula is C16H15NO4. The Bertz CT molecular complexity index is 625. The summed E-state index contributed by atoms with van der Waals surface area (Å²) in [6.45, 7) is -0.105. The van der Waals surface area contributed by atoms with E-state index < -0.39 is 5.97 Å². The molecule has 0 bridgehead atoms. The van der Waals surface area contributed by atoms with Crippen LogP contribution in [0, 0.1) is 0 Å². The van der Waals surface area contributed by atoms with Crippen LogP contribution in [0.5, 0.6) is 5.75 Å². The highest BCUT2D eigenvalue weighted by atomic mass is 16.5. The molecule has 108 valence electrons. The molecule has 2 rings (SSSR count). The largest absolute Gasteiger partial charge is 0.484 e. The van der Waals surface area contributed by atoms with Gasteiger partial charge in [0.05, 0.1) is 12.7 Å². The number of carbonyl (C=O) groups excluding carboxylic acids is 2. The van der Waals surface area contributed by atoms with Crippen molar-refractivity contribution >= 4 is 17.6 Å². The first-order chi connectivity index (χ1) is 10.2. The number of anilines is 1. The number of esters is 1. The highest BCUT2D eigenvalue weighted by Gasteiger charge is 2.08. The van der Waals surface area contributed by atoms with Gasteiger partial charge in [-0.3, -0.25) is 4.79 Å². The quantitative estimate of drug-likeness (QED) is 0.857. The number of rotatable bonds is 5. The Morgan fingerprint density at radius 2 is 1.81 bits per heavy atom. The third-order valence-corrected chi connectivity index (χ3v) is 2.68. The molecule has 0 unspecified atom stereocenters. The van der Waals surface area contributed by atoms with Crippen molar-refractivity contribution in [1.29, 1.82) is 0 Å². The number of nitrogens with one attached hydrogen (secondary N) is 1. The van der Waals surface area contributed by atoms with E-state index >= 15 is 0 Å².